The molecule has 1 saturated heterocycles. The van der Waals surface area contributed by atoms with Crippen molar-refractivity contribution < 1.29 is 0 Å². The van der Waals surface area contributed by atoms with Gasteiger partial charge in [0.05, 0.1) is 0 Å². The smallest absolute Gasteiger partial charge is 0.0401 e. The molecule has 0 aromatic heterocycles. The molecule has 19 heavy (non-hydrogen) atoms. The van der Waals surface area contributed by atoms with Crippen molar-refractivity contribution in [3.8, 4) is 0 Å². The predicted molar refractivity (Wildman–Crippen MR) is 83.8 cm³/mol. The fourth-order valence-electron chi connectivity index (χ4n) is 3.27. The minimum Gasteiger partial charge on any atom is -0.368 e. The van der Waals surface area contributed by atoms with Crippen LogP contribution in [0.2, 0.25) is 0 Å². The number of benzene rings is 1. The molecular weight excluding hydrogens is 232 g/mol. The Hall–Kier alpha value is -1.02. The minimum atomic E-state index is 0.710. The zero-order valence-corrected chi connectivity index (χ0v) is 12.5. The number of nitrogens with two attached hydrogens (primary N) is 1. The van der Waals surface area contributed by atoms with Gasteiger partial charge in [-0.05, 0) is 50.8 Å². The molecule has 2 N–H and O–H groups in total. The zero-order valence-electron chi connectivity index (χ0n) is 12.5. The third-order valence-corrected chi connectivity index (χ3v) is 4.31. The van der Waals surface area contributed by atoms with Crippen molar-refractivity contribution in [2.45, 2.75) is 58.4 Å². The van der Waals surface area contributed by atoms with Gasteiger partial charge in [0, 0.05) is 18.3 Å². The third kappa shape index (κ3) is 3.50. The lowest BCUT2D eigenvalue weighted by Gasteiger charge is -2.33. The van der Waals surface area contributed by atoms with Crippen LogP contribution in [-0.4, -0.2) is 19.1 Å². The van der Waals surface area contributed by atoms with Crippen molar-refractivity contribution in [2.75, 3.05) is 18.0 Å². The highest BCUT2D eigenvalue weighted by Gasteiger charge is 2.21. The summed E-state index contributed by atoms with van der Waals surface area (Å²) in [5.41, 5.74) is 10.00. The van der Waals surface area contributed by atoms with Crippen molar-refractivity contribution in [1.82, 2.24) is 0 Å². The van der Waals surface area contributed by atoms with E-state index in [4.69, 9.17) is 5.73 Å². The molecule has 1 atom stereocenters. The number of rotatable bonds is 4. The molecule has 1 unspecified atom stereocenters. The van der Waals surface area contributed by atoms with Crippen LogP contribution < -0.4 is 10.6 Å². The minimum absolute atomic E-state index is 0.710. The first-order valence-corrected chi connectivity index (χ1v) is 7.82. The van der Waals surface area contributed by atoms with Gasteiger partial charge < -0.3 is 10.6 Å². The van der Waals surface area contributed by atoms with E-state index in [2.05, 4.69) is 36.9 Å². The highest BCUT2D eigenvalue weighted by atomic mass is 15.2. The molecule has 106 valence electrons. The van der Waals surface area contributed by atoms with Crippen LogP contribution in [0.15, 0.2) is 18.2 Å². The molecule has 2 nitrogen and oxygen atoms in total. The van der Waals surface area contributed by atoms with E-state index < -0.39 is 0 Å². The quantitative estimate of drug-likeness (QED) is 0.895. The highest BCUT2D eigenvalue weighted by Crippen LogP contribution is 2.29. The predicted octanol–water partition coefficient (Wildman–Crippen LogP) is 3.66. The molecule has 2 heteroatoms. The second kappa shape index (κ2) is 6.95. The third-order valence-electron chi connectivity index (χ3n) is 4.31. The summed E-state index contributed by atoms with van der Waals surface area (Å²) in [5, 5.41) is 0. The van der Waals surface area contributed by atoms with Gasteiger partial charge in [-0.2, -0.15) is 0 Å². The second-order valence-corrected chi connectivity index (χ2v) is 5.78. The summed E-state index contributed by atoms with van der Waals surface area (Å²) >= 11 is 0. The Morgan fingerprint density at radius 3 is 2.84 bits per heavy atom. The Morgan fingerprint density at radius 1 is 1.26 bits per heavy atom. The molecule has 1 aliphatic rings. The lowest BCUT2D eigenvalue weighted by atomic mass is 10.0. The summed E-state index contributed by atoms with van der Waals surface area (Å²) in [6, 6.07) is 7.59. The maximum absolute atomic E-state index is 5.79. The monoisotopic (exact) mass is 260 g/mol. The maximum atomic E-state index is 5.79. The average Bonchev–Trinajstić information content (AvgIpc) is 2.64. The molecule has 1 aliphatic heterocycles. The van der Waals surface area contributed by atoms with E-state index in [1.807, 2.05) is 0 Å². The summed E-state index contributed by atoms with van der Waals surface area (Å²) in [5.74, 6) is 0. The maximum Gasteiger partial charge on any atom is 0.0401 e. The molecule has 0 bridgehead atoms. The Morgan fingerprint density at radius 2 is 2.11 bits per heavy atom. The lowest BCUT2D eigenvalue weighted by molar-refractivity contribution is 0.555. The van der Waals surface area contributed by atoms with Gasteiger partial charge in [0.25, 0.3) is 0 Å². The van der Waals surface area contributed by atoms with Crippen molar-refractivity contribution in [3.63, 3.8) is 0 Å². The Bertz CT molecular complexity index is 400. The molecule has 1 aromatic rings. The molecule has 0 spiro atoms. The van der Waals surface area contributed by atoms with Gasteiger partial charge in [-0.1, -0.05) is 37.5 Å². The molecule has 0 aliphatic carbocycles. The molecule has 0 radical (unpaired) electrons. The molecular formula is C17H28N2. The van der Waals surface area contributed by atoms with Gasteiger partial charge in [-0.25, -0.2) is 0 Å². The van der Waals surface area contributed by atoms with E-state index in [1.165, 1.54) is 55.5 Å². The summed E-state index contributed by atoms with van der Waals surface area (Å²) in [6.45, 7) is 6.43. The van der Waals surface area contributed by atoms with Gasteiger partial charge in [-0.15, -0.1) is 0 Å². The molecule has 0 amide bonds. The topological polar surface area (TPSA) is 29.3 Å². The number of hydrogen-bond acceptors (Lipinski definition) is 2. The first-order chi connectivity index (χ1) is 9.26. The Labute approximate surface area is 118 Å². The van der Waals surface area contributed by atoms with Crippen LogP contribution >= 0.6 is 0 Å². The SMILES string of the molecule is CCC1CCCCCN1c1ccc(C)cc1CCN. The van der Waals surface area contributed by atoms with Crippen LogP contribution in [0.3, 0.4) is 0 Å². The Balaban J connectivity index is 2.31. The van der Waals surface area contributed by atoms with Gasteiger partial charge >= 0.3 is 0 Å². The van der Waals surface area contributed by atoms with Crippen LogP contribution in [0.5, 0.6) is 0 Å². The molecule has 1 fully saturated rings. The van der Waals surface area contributed by atoms with E-state index in [0.717, 1.165) is 13.0 Å². The van der Waals surface area contributed by atoms with Crippen LogP contribution in [0.1, 0.15) is 50.2 Å². The molecule has 0 saturated carbocycles. The lowest BCUT2D eigenvalue weighted by Crippen LogP contribution is -2.35. The number of hydrogen-bond donors (Lipinski definition) is 1. The normalized spacial score (nSPS) is 20.4. The summed E-state index contributed by atoms with van der Waals surface area (Å²) in [6.07, 6.45) is 7.66. The molecule has 2 rings (SSSR count). The van der Waals surface area contributed by atoms with Crippen LogP contribution in [0.25, 0.3) is 0 Å². The van der Waals surface area contributed by atoms with E-state index in [9.17, 15) is 0 Å². The van der Waals surface area contributed by atoms with E-state index in [0.29, 0.717) is 6.04 Å². The highest BCUT2D eigenvalue weighted by molar-refractivity contribution is 5.56. The number of aryl methyl sites for hydroxylation is 1. The summed E-state index contributed by atoms with van der Waals surface area (Å²) in [4.78, 5) is 2.65. The van der Waals surface area contributed by atoms with Crippen LogP contribution in [0, 0.1) is 6.92 Å². The largest absolute Gasteiger partial charge is 0.368 e. The van der Waals surface area contributed by atoms with Gasteiger partial charge in [0.1, 0.15) is 0 Å². The molecule has 1 aromatic carbocycles. The first-order valence-electron chi connectivity index (χ1n) is 7.82. The Kier molecular flexibility index (Phi) is 5.26. The first kappa shape index (κ1) is 14.4. The average molecular weight is 260 g/mol. The van der Waals surface area contributed by atoms with Crippen molar-refractivity contribution in [2.24, 2.45) is 5.73 Å². The van der Waals surface area contributed by atoms with Crippen molar-refractivity contribution in [1.29, 1.82) is 0 Å². The van der Waals surface area contributed by atoms with Gasteiger partial charge in [0.15, 0.2) is 0 Å². The van der Waals surface area contributed by atoms with Gasteiger partial charge in [-0.3, -0.25) is 0 Å². The number of nitrogens with zero attached hydrogens (tertiary/aromatic N) is 1. The van der Waals surface area contributed by atoms with E-state index in [1.54, 1.807) is 0 Å². The summed E-state index contributed by atoms with van der Waals surface area (Å²) in [7, 11) is 0. The van der Waals surface area contributed by atoms with Crippen LogP contribution in [-0.2, 0) is 6.42 Å². The van der Waals surface area contributed by atoms with Crippen molar-refractivity contribution >= 4 is 5.69 Å². The standard InChI is InChI=1S/C17H28N2/c1-3-16-7-5-4-6-12-19(16)17-9-8-14(2)13-15(17)10-11-18/h8-9,13,16H,3-7,10-12,18H2,1-2H3. The molecule has 1 heterocycles. The van der Waals surface area contributed by atoms with Crippen molar-refractivity contribution in [3.05, 3.63) is 29.3 Å². The van der Waals surface area contributed by atoms with E-state index in [-0.39, 0.29) is 0 Å². The fraction of sp³-hybridized carbons (Fsp3) is 0.647. The van der Waals surface area contributed by atoms with Crippen LogP contribution in [0.4, 0.5) is 5.69 Å². The number of anilines is 1. The summed E-state index contributed by atoms with van der Waals surface area (Å²) < 4.78 is 0. The fourth-order valence-corrected chi connectivity index (χ4v) is 3.27. The second-order valence-electron chi connectivity index (χ2n) is 5.78. The zero-order chi connectivity index (χ0) is 13.7. The van der Waals surface area contributed by atoms with E-state index >= 15 is 0 Å². The van der Waals surface area contributed by atoms with Gasteiger partial charge in [0.2, 0.25) is 0 Å².